The summed E-state index contributed by atoms with van der Waals surface area (Å²) in [5.41, 5.74) is 2.98. The number of aryl methyl sites for hydroxylation is 1. The molecule has 0 radical (unpaired) electrons. The standard InChI is InChI=1S/C34H31NO6S/c1-21(2)19-41-34(39)24-11-14-26(15-12-24)35-30(28-10-7-17-42-28)29(32(37)33(35)38)31(36)25-13-16-27(22(3)18-25)40-20-23-8-5-4-6-9-23/h4-18,21,30,36H,19-20H2,1-3H3/b31-29-. The van der Waals surface area contributed by atoms with Crippen molar-refractivity contribution in [1.82, 2.24) is 0 Å². The van der Waals surface area contributed by atoms with Crippen LogP contribution < -0.4 is 9.64 Å². The van der Waals surface area contributed by atoms with Crippen LogP contribution >= 0.6 is 11.3 Å². The second-order valence-electron chi connectivity index (χ2n) is 10.5. The Morgan fingerprint density at radius 2 is 1.67 bits per heavy atom. The van der Waals surface area contributed by atoms with Crippen LogP contribution in [0.3, 0.4) is 0 Å². The molecule has 1 amide bonds. The molecule has 4 aromatic rings. The summed E-state index contributed by atoms with van der Waals surface area (Å²) in [7, 11) is 0. The number of nitrogens with zero attached hydrogens (tertiary/aromatic N) is 1. The Hall–Kier alpha value is -4.69. The van der Waals surface area contributed by atoms with Crippen molar-refractivity contribution in [3.8, 4) is 5.75 Å². The summed E-state index contributed by atoms with van der Waals surface area (Å²) in [6, 6.07) is 24.1. The lowest BCUT2D eigenvalue weighted by Gasteiger charge is -2.24. The van der Waals surface area contributed by atoms with Gasteiger partial charge in [-0.15, -0.1) is 11.3 Å². The first-order valence-corrected chi connectivity index (χ1v) is 14.5. The van der Waals surface area contributed by atoms with Gasteiger partial charge in [0.25, 0.3) is 11.7 Å². The van der Waals surface area contributed by atoms with Gasteiger partial charge in [-0.25, -0.2) is 4.79 Å². The minimum atomic E-state index is -0.835. The van der Waals surface area contributed by atoms with E-state index in [1.807, 2.05) is 68.6 Å². The molecule has 7 nitrogen and oxygen atoms in total. The number of esters is 1. The number of hydrogen-bond donors (Lipinski definition) is 1. The van der Waals surface area contributed by atoms with Gasteiger partial charge in [-0.3, -0.25) is 14.5 Å². The van der Waals surface area contributed by atoms with Gasteiger partial charge in [-0.2, -0.15) is 0 Å². The number of amides is 1. The van der Waals surface area contributed by atoms with E-state index in [0.717, 1.165) is 16.0 Å². The molecule has 1 aromatic heterocycles. The number of benzene rings is 3. The fraction of sp³-hybridized carbons (Fsp3) is 0.206. The van der Waals surface area contributed by atoms with Crippen molar-refractivity contribution >= 4 is 40.4 Å². The van der Waals surface area contributed by atoms with Crippen LogP contribution in [0.25, 0.3) is 5.76 Å². The highest BCUT2D eigenvalue weighted by Crippen LogP contribution is 2.44. The van der Waals surface area contributed by atoms with Crippen molar-refractivity contribution in [1.29, 1.82) is 0 Å². The summed E-state index contributed by atoms with van der Waals surface area (Å²) in [6.45, 7) is 6.46. The normalized spacial score (nSPS) is 16.2. The number of anilines is 1. The van der Waals surface area contributed by atoms with Crippen LogP contribution in [-0.2, 0) is 20.9 Å². The van der Waals surface area contributed by atoms with Crippen LogP contribution in [0.5, 0.6) is 5.75 Å². The molecule has 214 valence electrons. The maximum atomic E-state index is 13.4. The Bertz CT molecular complexity index is 1620. The first kappa shape index (κ1) is 28.8. The largest absolute Gasteiger partial charge is 0.507 e. The number of thiophene rings is 1. The van der Waals surface area contributed by atoms with E-state index >= 15 is 0 Å². The fourth-order valence-corrected chi connectivity index (χ4v) is 5.57. The molecule has 1 atom stereocenters. The van der Waals surface area contributed by atoms with E-state index in [4.69, 9.17) is 9.47 Å². The Morgan fingerprint density at radius 3 is 2.31 bits per heavy atom. The van der Waals surface area contributed by atoms with Crippen LogP contribution in [0.2, 0.25) is 0 Å². The third kappa shape index (κ3) is 5.99. The number of aliphatic hydroxyl groups excluding tert-OH is 1. The van der Waals surface area contributed by atoms with E-state index in [1.165, 1.54) is 16.2 Å². The summed E-state index contributed by atoms with van der Waals surface area (Å²) >= 11 is 1.38. The zero-order chi connectivity index (χ0) is 29.8. The van der Waals surface area contributed by atoms with Gasteiger partial charge in [0.2, 0.25) is 0 Å². The van der Waals surface area contributed by atoms with Crippen LogP contribution in [0.15, 0.2) is 95.9 Å². The number of ketones is 1. The minimum absolute atomic E-state index is 0.000207. The quantitative estimate of drug-likeness (QED) is 0.0983. The highest BCUT2D eigenvalue weighted by molar-refractivity contribution is 7.10. The zero-order valence-corrected chi connectivity index (χ0v) is 24.4. The molecular formula is C34H31NO6S. The van der Waals surface area contributed by atoms with Crippen LogP contribution in [0.4, 0.5) is 5.69 Å². The van der Waals surface area contributed by atoms with Gasteiger partial charge < -0.3 is 14.6 Å². The predicted molar refractivity (Wildman–Crippen MR) is 163 cm³/mol. The molecule has 0 spiro atoms. The molecule has 1 fully saturated rings. The molecule has 0 aliphatic carbocycles. The SMILES string of the molecule is Cc1cc(/C(O)=C2/C(=O)C(=O)N(c3ccc(C(=O)OCC(C)C)cc3)C2c2cccs2)ccc1OCc1ccccc1. The third-order valence-electron chi connectivity index (χ3n) is 6.87. The van der Waals surface area contributed by atoms with E-state index in [0.29, 0.717) is 35.8 Å². The number of hydrogen-bond acceptors (Lipinski definition) is 7. The molecular weight excluding hydrogens is 550 g/mol. The van der Waals surface area contributed by atoms with E-state index in [1.54, 1.807) is 42.5 Å². The zero-order valence-electron chi connectivity index (χ0n) is 23.6. The number of carbonyl (C=O) groups is 3. The lowest BCUT2D eigenvalue weighted by Crippen LogP contribution is -2.29. The van der Waals surface area contributed by atoms with E-state index in [9.17, 15) is 19.5 Å². The van der Waals surface area contributed by atoms with Crippen LogP contribution in [0.1, 0.15) is 51.8 Å². The molecule has 5 rings (SSSR count). The van der Waals surface area contributed by atoms with Crippen LogP contribution in [-0.4, -0.2) is 29.4 Å². The van der Waals surface area contributed by atoms with Gasteiger partial charge in [-0.1, -0.05) is 50.2 Å². The Labute approximate surface area is 248 Å². The first-order chi connectivity index (χ1) is 20.2. The fourth-order valence-electron chi connectivity index (χ4n) is 4.75. The van der Waals surface area contributed by atoms with Gasteiger partial charge in [0.05, 0.1) is 17.7 Å². The average molecular weight is 582 g/mol. The van der Waals surface area contributed by atoms with Crippen molar-refractivity contribution in [2.45, 2.75) is 33.4 Å². The highest BCUT2D eigenvalue weighted by Gasteiger charge is 2.47. The smallest absolute Gasteiger partial charge is 0.338 e. The van der Waals surface area contributed by atoms with E-state index in [-0.39, 0.29) is 17.3 Å². The first-order valence-electron chi connectivity index (χ1n) is 13.6. The van der Waals surface area contributed by atoms with Crippen molar-refractivity contribution in [3.05, 3.63) is 123 Å². The predicted octanol–water partition coefficient (Wildman–Crippen LogP) is 7.07. The summed E-state index contributed by atoms with van der Waals surface area (Å²) in [4.78, 5) is 41.4. The summed E-state index contributed by atoms with van der Waals surface area (Å²) in [5, 5.41) is 13.3. The second kappa shape index (κ2) is 12.4. The number of rotatable bonds is 9. The van der Waals surface area contributed by atoms with Gasteiger partial charge >= 0.3 is 5.97 Å². The minimum Gasteiger partial charge on any atom is -0.507 e. The molecule has 1 N–H and O–H groups in total. The van der Waals surface area contributed by atoms with Gasteiger partial charge in [0.15, 0.2) is 0 Å². The Balaban J connectivity index is 1.46. The molecule has 1 unspecified atom stereocenters. The van der Waals surface area contributed by atoms with Crippen LogP contribution in [0, 0.1) is 12.8 Å². The van der Waals surface area contributed by atoms with Crippen molar-refractivity contribution in [2.75, 3.05) is 11.5 Å². The highest BCUT2D eigenvalue weighted by atomic mass is 32.1. The molecule has 3 aromatic carbocycles. The lowest BCUT2D eigenvalue weighted by atomic mass is 9.98. The summed E-state index contributed by atoms with van der Waals surface area (Å²) < 4.78 is 11.3. The van der Waals surface area contributed by atoms with Crippen molar-refractivity contribution in [3.63, 3.8) is 0 Å². The average Bonchev–Trinajstić information content (AvgIpc) is 3.62. The molecule has 0 bridgehead atoms. The van der Waals surface area contributed by atoms with Gasteiger partial charge in [0.1, 0.15) is 24.2 Å². The summed E-state index contributed by atoms with van der Waals surface area (Å²) in [5.74, 6) is -1.41. The van der Waals surface area contributed by atoms with E-state index < -0.39 is 23.7 Å². The molecule has 2 heterocycles. The summed E-state index contributed by atoms with van der Waals surface area (Å²) in [6.07, 6.45) is 0. The third-order valence-corrected chi connectivity index (χ3v) is 7.80. The molecule has 1 aliphatic rings. The Morgan fingerprint density at radius 1 is 0.952 bits per heavy atom. The topological polar surface area (TPSA) is 93.1 Å². The number of Topliss-reactive ketones (excluding diaryl/α,β-unsaturated/α-hetero) is 1. The molecule has 0 saturated carbocycles. The number of aliphatic hydroxyl groups is 1. The molecule has 1 aliphatic heterocycles. The number of carbonyl (C=O) groups excluding carboxylic acids is 3. The molecule has 8 heteroatoms. The van der Waals surface area contributed by atoms with Gasteiger partial charge in [0, 0.05) is 16.1 Å². The van der Waals surface area contributed by atoms with Crippen molar-refractivity contribution < 1.29 is 29.0 Å². The Kier molecular flexibility index (Phi) is 8.54. The number of ether oxygens (including phenoxy) is 2. The maximum absolute atomic E-state index is 13.4. The van der Waals surface area contributed by atoms with E-state index in [2.05, 4.69) is 0 Å². The van der Waals surface area contributed by atoms with Crippen molar-refractivity contribution in [2.24, 2.45) is 5.92 Å². The van der Waals surface area contributed by atoms with Gasteiger partial charge in [-0.05, 0) is 77.9 Å². The lowest BCUT2D eigenvalue weighted by molar-refractivity contribution is -0.132. The monoisotopic (exact) mass is 581 g/mol. The second-order valence-corrected chi connectivity index (χ2v) is 11.5. The molecule has 42 heavy (non-hydrogen) atoms. The molecule has 1 saturated heterocycles. The maximum Gasteiger partial charge on any atom is 0.338 e.